The van der Waals surface area contributed by atoms with E-state index in [9.17, 15) is 14.7 Å². The number of aromatic nitrogens is 1. The van der Waals surface area contributed by atoms with E-state index in [4.69, 9.17) is 4.74 Å². The third-order valence-corrected chi connectivity index (χ3v) is 7.52. The van der Waals surface area contributed by atoms with Gasteiger partial charge in [-0.15, -0.1) is 0 Å². The van der Waals surface area contributed by atoms with Crippen LogP contribution >= 0.6 is 0 Å². The summed E-state index contributed by atoms with van der Waals surface area (Å²) in [7, 11) is 0. The zero-order valence-electron chi connectivity index (χ0n) is 23.8. The number of Topliss-reactive ketones (excluding diaryl/α,β-unsaturated/α-hetero) is 1. The van der Waals surface area contributed by atoms with Gasteiger partial charge in [-0.1, -0.05) is 69.3 Å². The number of ketones is 1. The predicted molar refractivity (Wildman–Crippen MR) is 159 cm³/mol. The van der Waals surface area contributed by atoms with Gasteiger partial charge < -0.3 is 14.7 Å². The number of amides is 1. The van der Waals surface area contributed by atoms with Gasteiger partial charge in [-0.3, -0.25) is 14.6 Å². The number of hydrogen-bond donors (Lipinski definition) is 1. The average molecular weight is 547 g/mol. The molecule has 208 valence electrons. The second kappa shape index (κ2) is 11.4. The van der Waals surface area contributed by atoms with Crippen LogP contribution in [0.5, 0.6) is 5.75 Å². The molecule has 1 amide bonds. The first-order valence-electron chi connectivity index (χ1n) is 13.7. The normalized spacial score (nSPS) is 16.7. The van der Waals surface area contributed by atoms with Crippen LogP contribution in [0.2, 0.25) is 0 Å². The largest absolute Gasteiger partial charge is 0.507 e. The van der Waals surface area contributed by atoms with Gasteiger partial charge in [0.2, 0.25) is 0 Å². The van der Waals surface area contributed by atoms with Gasteiger partial charge in [0.05, 0.1) is 11.6 Å². The number of carbonyl (C=O) groups excluding carboxylic acids is 2. The summed E-state index contributed by atoms with van der Waals surface area (Å²) in [6, 6.07) is 25.7. The van der Waals surface area contributed by atoms with E-state index in [-0.39, 0.29) is 23.3 Å². The number of aryl methyl sites for hydroxylation is 1. The molecule has 6 heteroatoms. The molecule has 0 radical (unpaired) electrons. The minimum absolute atomic E-state index is 0.0552. The minimum Gasteiger partial charge on any atom is -0.507 e. The Morgan fingerprint density at radius 2 is 1.56 bits per heavy atom. The fourth-order valence-electron chi connectivity index (χ4n) is 5.04. The average Bonchev–Trinajstić information content (AvgIpc) is 3.22. The Morgan fingerprint density at radius 1 is 0.902 bits per heavy atom. The molecule has 2 heterocycles. The van der Waals surface area contributed by atoms with E-state index in [0.717, 1.165) is 27.8 Å². The van der Waals surface area contributed by atoms with Gasteiger partial charge in [-0.2, -0.15) is 0 Å². The fraction of sp³-hybridized carbons (Fsp3) is 0.229. The number of ether oxygens (including phenoxy) is 1. The highest BCUT2D eigenvalue weighted by molar-refractivity contribution is 6.46. The van der Waals surface area contributed by atoms with Gasteiger partial charge in [0.15, 0.2) is 0 Å². The first-order valence-corrected chi connectivity index (χ1v) is 13.7. The van der Waals surface area contributed by atoms with Crippen LogP contribution in [-0.4, -0.2) is 26.7 Å². The van der Waals surface area contributed by atoms with Crippen LogP contribution in [-0.2, 0) is 28.2 Å². The number of aliphatic hydroxyl groups is 1. The molecule has 3 aromatic carbocycles. The van der Waals surface area contributed by atoms with Gasteiger partial charge in [0, 0.05) is 24.5 Å². The number of hydrogen-bond acceptors (Lipinski definition) is 5. The quantitative estimate of drug-likeness (QED) is 0.155. The number of pyridine rings is 1. The Hall–Kier alpha value is -4.71. The number of nitrogens with zero attached hydrogens (tertiary/aromatic N) is 2. The summed E-state index contributed by atoms with van der Waals surface area (Å²) >= 11 is 0. The molecular formula is C35H34N2O4. The molecule has 41 heavy (non-hydrogen) atoms. The van der Waals surface area contributed by atoms with E-state index < -0.39 is 17.7 Å². The lowest BCUT2D eigenvalue weighted by molar-refractivity contribution is -0.140. The molecule has 1 unspecified atom stereocenters. The minimum atomic E-state index is -0.742. The zero-order chi connectivity index (χ0) is 29.1. The highest BCUT2D eigenvalue weighted by atomic mass is 16.5. The van der Waals surface area contributed by atoms with Gasteiger partial charge in [-0.05, 0) is 76.6 Å². The zero-order valence-corrected chi connectivity index (χ0v) is 23.8. The molecule has 0 bridgehead atoms. The van der Waals surface area contributed by atoms with Crippen molar-refractivity contribution in [3.8, 4) is 5.75 Å². The maximum atomic E-state index is 13.4. The Kier molecular flexibility index (Phi) is 7.75. The van der Waals surface area contributed by atoms with Crippen LogP contribution in [0.1, 0.15) is 60.2 Å². The molecule has 1 aliphatic rings. The van der Waals surface area contributed by atoms with Crippen LogP contribution in [0, 0.1) is 6.92 Å². The van der Waals surface area contributed by atoms with Crippen molar-refractivity contribution in [3.05, 3.63) is 136 Å². The Bertz CT molecular complexity index is 1580. The third-order valence-electron chi connectivity index (χ3n) is 7.52. The van der Waals surface area contributed by atoms with E-state index in [1.54, 1.807) is 36.7 Å². The van der Waals surface area contributed by atoms with Crippen LogP contribution < -0.4 is 4.74 Å². The van der Waals surface area contributed by atoms with Gasteiger partial charge >= 0.3 is 0 Å². The van der Waals surface area contributed by atoms with Crippen LogP contribution in [0.25, 0.3) is 5.76 Å². The monoisotopic (exact) mass is 546 g/mol. The van der Waals surface area contributed by atoms with Gasteiger partial charge in [-0.25, -0.2) is 0 Å². The van der Waals surface area contributed by atoms with E-state index in [1.165, 1.54) is 4.90 Å². The van der Waals surface area contributed by atoms with Crippen molar-refractivity contribution in [2.75, 3.05) is 0 Å². The highest BCUT2D eigenvalue weighted by Crippen LogP contribution is 2.41. The summed E-state index contributed by atoms with van der Waals surface area (Å²) in [5.41, 5.74) is 5.42. The molecule has 1 N–H and O–H groups in total. The number of rotatable bonds is 7. The van der Waals surface area contributed by atoms with Gasteiger partial charge in [0.25, 0.3) is 11.7 Å². The number of carbonyl (C=O) groups is 2. The van der Waals surface area contributed by atoms with Crippen molar-refractivity contribution in [2.45, 2.75) is 52.3 Å². The predicted octanol–water partition coefficient (Wildman–Crippen LogP) is 6.89. The molecule has 1 aromatic heterocycles. The molecule has 4 aromatic rings. The van der Waals surface area contributed by atoms with Crippen LogP contribution in [0.4, 0.5) is 0 Å². The summed E-state index contributed by atoms with van der Waals surface area (Å²) in [5.74, 6) is -0.930. The Balaban J connectivity index is 1.49. The van der Waals surface area contributed by atoms with Crippen LogP contribution in [0.15, 0.2) is 103 Å². The lowest BCUT2D eigenvalue weighted by atomic mass is 9.85. The van der Waals surface area contributed by atoms with Crippen molar-refractivity contribution < 1.29 is 19.4 Å². The SMILES string of the molecule is Cc1ccccc1COc1ccc(/C(O)=C2\C(=O)C(=O)N(Cc3ccncc3)C2c2ccc(C(C)(C)C)cc2)cc1. The van der Waals surface area contributed by atoms with E-state index in [1.807, 2.05) is 67.6 Å². The Morgan fingerprint density at radius 3 is 2.20 bits per heavy atom. The lowest BCUT2D eigenvalue weighted by Gasteiger charge is -2.26. The van der Waals surface area contributed by atoms with E-state index in [2.05, 4.69) is 25.8 Å². The molecule has 0 aliphatic carbocycles. The maximum Gasteiger partial charge on any atom is 0.295 e. The Labute approximate surface area is 240 Å². The number of aliphatic hydroxyl groups excluding tert-OH is 1. The smallest absolute Gasteiger partial charge is 0.295 e. The molecule has 1 saturated heterocycles. The summed E-state index contributed by atoms with van der Waals surface area (Å²) in [6.45, 7) is 9.06. The molecule has 6 nitrogen and oxygen atoms in total. The number of benzene rings is 3. The van der Waals surface area contributed by atoms with Gasteiger partial charge in [0.1, 0.15) is 18.1 Å². The summed E-state index contributed by atoms with van der Waals surface area (Å²) in [5, 5.41) is 11.5. The second-order valence-corrected chi connectivity index (χ2v) is 11.4. The van der Waals surface area contributed by atoms with Crippen molar-refractivity contribution in [3.63, 3.8) is 0 Å². The summed E-state index contributed by atoms with van der Waals surface area (Å²) in [4.78, 5) is 32.4. The van der Waals surface area contributed by atoms with E-state index >= 15 is 0 Å². The van der Waals surface area contributed by atoms with Crippen molar-refractivity contribution in [1.29, 1.82) is 0 Å². The lowest BCUT2D eigenvalue weighted by Crippen LogP contribution is -2.29. The summed E-state index contributed by atoms with van der Waals surface area (Å²) < 4.78 is 5.95. The molecule has 1 aliphatic heterocycles. The van der Waals surface area contributed by atoms with Crippen LogP contribution in [0.3, 0.4) is 0 Å². The number of likely N-dealkylation sites (tertiary alicyclic amines) is 1. The molecule has 0 saturated carbocycles. The fourth-order valence-corrected chi connectivity index (χ4v) is 5.04. The molecule has 5 rings (SSSR count). The maximum absolute atomic E-state index is 13.4. The standard InChI is InChI=1S/C35H34N2O4/c1-23-7-5-6-8-27(23)22-41-29-15-11-26(12-16-29)32(38)30-31(25-9-13-28(14-10-25)35(2,3)4)37(34(40)33(30)39)21-24-17-19-36-20-18-24/h5-20,31,38H,21-22H2,1-4H3/b32-30+. The summed E-state index contributed by atoms with van der Waals surface area (Å²) in [6.07, 6.45) is 3.31. The van der Waals surface area contributed by atoms with E-state index in [0.29, 0.717) is 17.9 Å². The van der Waals surface area contributed by atoms with Crippen molar-refractivity contribution >= 4 is 17.4 Å². The molecular weight excluding hydrogens is 512 g/mol. The molecule has 1 fully saturated rings. The molecule has 1 atom stereocenters. The third kappa shape index (κ3) is 5.92. The first-order chi connectivity index (χ1) is 19.6. The molecule has 0 spiro atoms. The topological polar surface area (TPSA) is 79.7 Å². The van der Waals surface area contributed by atoms with Crippen molar-refractivity contribution in [1.82, 2.24) is 9.88 Å². The highest BCUT2D eigenvalue weighted by Gasteiger charge is 2.46. The second-order valence-electron chi connectivity index (χ2n) is 11.4. The first kappa shape index (κ1) is 27.8. The van der Waals surface area contributed by atoms with Crippen molar-refractivity contribution in [2.24, 2.45) is 0 Å².